The summed E-state index contributed by atoms with van der Waals surface area (Å²) in [6, 6.07) is 4.76. The molecule has 0 saturated carbocycles. The van der Waals surface area contributed by atoms with Crippen molar-refractivity contribution in [1.82, 2.24) is 19.8 Å². The highest BCUT2D eigenvalue weighted by Gasteiger charge is 2.31. The zero-order valence-corrected chi connectivity index (χ0v) is 17.4. The van der Waals surface area contributed by atoms with Crippen molar-refractivity contribution in [3.8, 4) is 11.8 Å². The minimum absolute atomic E-state index is 0.207. The lowest BCUT2D eigenvalue weighted by Crippen LogP contribution is -2.44. The van der Waals surface area contributed by atoms with E-state index in [2.05, 4.69) is 22.5 Å². The smallest absolute Gasteiger partial charge is 0.404 e. The molecule has 0 aliphatic carbocycles. The van der Waals surface area contributed by atoms with Gasteiger partial charge in [0.05, 0.1) is 11.0 Å². The molecule has 2 aromatic rings. The maximum Gasteiger partial charge on any atom is 0.404 e. The summed E-state index contributed by atoms with van der Waals surface area (Å²) in [5.74, 6) is 5.49. The second-order valence-corrected chi connectivity index (χ2v) is 7.58. The molecule has 1 fully saturated rings. The highest BCUT2D eigenvalue weighted by atomic mass is 16.4. The van der Waals surface area contributed by atoms with E-state index in [0.29, 0.717) is 24.0 Å². The van der Waals surface area contributed by atoms with E-state index in [4.69, 9.17) is 5.11 Å². The topological polar surface area (TPSA) is 122 Å². The van der Waals surface area contributed by atoms with Gasteiger partial charge in [0, 0.05) is 32.0 Å². The number of carbonyl (C=O) groups excluding carboxylic acids is 2. The van der Waals surface area contributed by atoms with E-state index in [9.17, 15) is 19.2 Å². The summed E-state index contributed by atoms with van der Waals surface area (Å²) in [6.07, 6.45) is 3.94. The van der Waals surface area contributed by atoms with E-state index in [-0.39, 0.29) is 18.0 Å². The molecule has 1 aromatic heterocycles. The summed E-state index contributed by atoms with van der Waals surface area (Å²) in [7, 11) is 1.66. The van der Waals surface area contributed by atoms with Crippen LogP contribution in [0.1, 0.15) is 56.6 Å². The van der Waals surface area contributed by atoms with Crippen LogP contribution < -0.4 is 16.3 Å². The molecule has 1 aliphatic rings. The van der Waals surface area contributed by atoms with Crippen LogP contribution in [0.4, 0.5) is 4.79 Å². The molecule has 2 heterocycles. The van der Waals surface area contributed by atoms with E-state index in [1.807, 2.05) is 12.1 Å². The summed E-state index contributed by atoms with van der Waals surface area (Å²) in [6.45, 7) is 0.470. The predicted molar refractivity (Wildman–Crippen MR) is 115 cm³/mol. The van der Waals surface area contributed by atoms with Gasteiger partial charge in [-0.15, -0.1) is 0 Å². The van der Waals surface area contributed by atoms with E-state index < -0.39 is 18.0 Å². The third kappa shape index (κ3) is 5.34. The summed E-state index contributed by atoms with van der Waals surface area (Å²) >= 11 is 0. The Morgan fingerprint density at radius 1 is 1.19 bits per heavy atom. The largest absolute Gasteiger partial charge is 0.465 e. The maximum atomic E-state index is 12.8. The molecule has 3 N–H and O–H groups in total. The summed E-state index contributed by atoms with van der Waals surface area (Å²) in [5, 5.41) is 13.1. The van der Waals surface area contributed by atoms with E-state index in [1.165, 1.54) is 9.13 Å². The van der Waals surface area contributed by atoms with Crippen LogP contribution >= 0.6 is 0 Å². The maximum absolute atomic E-state index is 12.8. The van der Waals surface area contributed by atoms with Crippen LogP contribution in [0.25, 0.3) is 11.0 Å². The fourth-order valence-corrected chi connectivity index (χ4v) is 3.72. The molecular weight excluding hydrogens is 400 g/mol. The molecule has 9 nitrogen and oxygen atoms in total. The van der Waals surface area contributed by atoms with Crippen molar-refractivity contribution in [1.29, 1.82) is 0 Å². The van der Waals surface area contributed by atoms with Gasteiger partial charge < -0.3 is 10.4 Å². The lowest BCUT2D eigenvalue weighted by molar-refractivity contribution is -0.135. The Labute approximate surface area is 179 Å². The first kappa shape index (κ1) is 22.2. The minimum atomic E-state index is -0.993. The van der Waals surface area contributed by atoms with Crippen molar-refractivity contribution < 1.29 is 19.5 Å². The molecule has 0 bridgehead atoms. The number of rotatable bonds is 7. The van der Waals surface area contributed by atoms with Gasteiger partial charge >= 0.3 is 11.8 Å². The fourth-order valence-electron chi connectivity index (χ4n) is 3.72. The highest BCUT2D eigenvalue weighted by molar-refractivity contribution is 6.00. The number of unbranched alkanes of at least 4 members (excludes halogenated alkanes) is 4. The molecule has 3 rings (SSSR count). The van der Waals surface area contributed by atoms with Crippen LogP contribution in [0.3, 0.4) is 0 Å². The number of amides is 3. The Bertz CT molecular complexity index is 1120. The molecule has 0 radical (unpaired) electrons. The second-order valence-electron chi connectivity index (χ2n) is 7.58. The number of hydrogen-bond acceptors (Lipinski definition) is 4. The molecule has 1 saturated heterocycles. The van der Waals surface area contributed by atoms with Crippen molar-refractivity contribution >= 4 is 28.9 Å². The quantitative estimate of drug-likeness (QED) is 0.355. The van der Waals surface area contributed by atoms with E-state index in [0.717, 1.165) is 37.7 Å². The zero-order valence-electron chi connectivity index (χ0n) is 17.4. The number of nitrogens with zero attached hydrogens (tertiary/aromatic N) is 2. The standard InChI is InChI=1S/C22H26N4O5/c1-25-18-14-15(8-6-4-2-3-5-7-13-23-21(29)30)9-10-16(18)26(22(25)31)17-11-12-19(27)24-20(17)28/h9-10,14,17,23H,2-5,7,11-13H2,1H3,(H,29,30)(H,24,27,28). The molecule has 0 spiro atoms. The molecule has 1 aliphatic heterocycles. The molecule has 31 heavy (non-hydrogen) atoms. The van der Waals surface area contributed by atoms with E-state index >= 15 is 0 Å². The van der Waals surface area contributed by atoms with Crippen molar-refractivity contribution in [3.05, 3.63) is 34.2 Å². The first-order valence-electron chi connectivity index (χ1n) is 10.4. The lowest BCUT2D eigenvalue weighted by atomic mass is 10.1. The van der Waals surface area contributed by atoms with Crippen LogP contribution in [0, 0.1) is 11.8 Å². The van der Waals surface area contributed by atoms with Gasteiger partial charge in [0.1, 0.15) is 6.04 Å². The average molecular weight is 426 g/mol. The van der Waals surface area contributed by atoms with Gasteiger partial charge in [-0.1, -0.05) is 24.7 Å². The number of imide groups is 1. The fraction of sp³-hybridized carbons (Fsp3) is 0.455. The number of benzene rings is 1. The minimum Gasteiger partial charge on any atom is -0.465 e. The number of nitrogens with one attached hydrogen (secondary N) is 2. The Kier molecular flexibility index (Phi) is 7.13. The molecular formula is C22H26N4O5. The van der Waals surface area contributed by atoms with Crippen molar-refractivity contribution in [2.75, 3.05) is 6.54 Å². The van der Waals surface area contributed by atoms with Gasteiger partial charge in [-0.3, -0.25) is 24.0 Å². The number of imidazole rings is 1. The molecule has 1 atom stereocenters. The average Bonchev–Trinajstić information content (AvgIpc) is 2.97. The van der Waals surface area contributed by atoms with Gasteiger partial charge in [0.15, 0.2) is 0 Å². The summed E-state index contributed by atoms with van der Waals surface area (Å²) in [4.78, 5) is 46.8. The van der Waals surface area contributed by atoms with Crippen LogP contribution in [0.5, 0.6) is 0 Å². The normalized spacial score (nSPS) is 16.0. The second kappa shape index (κ2) is 9.98. The third-order valence-corrected chi connectivity index (χ3v) is 5.35. The predicted octanol–water partition coefficient (Wildman–Crippen LogP) is 1.89. The first-order valence-corrected chi connectivity index (χ1v) is 10.4. The van der Waals surface area contributed by atoms with Crippen LogP contribution in [-0.2, 0) is 16.6 Å². The summed E-state index contributed by atoms with van der Waals surface area (Å²) < 4.78 is 2.95. The Morgan fingerprint density at radius 2 is 1.97 bits per heavy atom. The van der Waals surface area contributed by atoms with Crippen molar-refractivity contribution in [2.24, 2.45) is 7.05 Å². The monoisotopic (exact) mass is 426 g/mol. The first-order chi connectivity index (χ1) is 14.9. The number of aromatic nitrogens is 2. The Morgan fingerprint density at radius 3 is 2.71 bits per heavy atom. The third-order valence-electron chi connectivity index (χ3n) is 5.35. The van der Waals surface area contributed by atoms with Crippen LogP contribution in [0.15, 0.2) is 23.0 Å². The number of hydrogen-bond donors (Lipinski definition) is 3. The van der Waals surface area contributed by atoms with Gasteiger partial charge in [0.25, 0.3) is 0 Å². The molecule has 1 unspecified atom stereocenters. The van der Waals surface area contributed by atoms with Crippen LogP contribution in [-0.4, -0.2) is 38.7 Å². The number of aryl methyl sites for hydroxylation is 1. The van der Waals surface area contributed by atoms with Gasteiger partial charge in [-0.2, -0.15) is 0 Å². The van der Waals surface area contributed by atoms with E-state index in [1.54, 1.807) is 13.1 Å². The molecule has 3 amide bonds. The van der Waals surface area contributed by atoms with Gasteiger partial charge in [-0.05, 0) is 37.5 Å². The SMILES string of the molecule is Cn1c(=O)n(C2CCC(=O)NC2=O)c2ccc(C#CCCCCCCNC(=O)O)cc21. The highest BCUT2D eigenvalue weighted by Crippen LogP contribution is 2.23. The number of fused-ring (bicyclic) bond motifs is 1. The number of piperidine rings is 1. The lowest BCUT2D eigenvalue weighted by Gasteiger charge is -2.21. The molecule has 1 aromatic carbocycles. The Hall–Kier alpha value is -3.54. The zero-order chi connectivity index (χ0) is 22.4. The van der Waals surface area contributed by atoms with Crippen molar-refractivity contribution in [2.45, 2.75) is 51.0 Å². The van der Waals surface area contributed by atoms with Crippen molar-refractivity contribution in [3.63, 3.8) is 0 Å². The van der Waals surface area contributed by atoms with Crippen LogP contribution in [0.2, 0.25) is 0 Å². The molecule has 9 heteroatoms. The Balaban J connectivity index is 1.64. The number of carbonyl (C=O) groups is 3. The van der Waals surface area contributed by atoms with Gasteiger partial charge in [0.2, 0.25) is 11.8 Å². The van der Waals surface area contributed by atoms with Gasteiger partial charge in [-0.25, -0.2) is 9.59 Å². The summed E-state index contributed by atoms with van der Waals surface area (Å²) in [5.41, 5.74) is 1.82. The number of carboxylic acid groups (broad SMARTS) is 1. The molecule has 164 valence electrons.